The third-order valence-electron chi connectivity index (χ3n) is 4.62. The van der Waals surface area contributed by atoms with Gasteiger partial charge in [-0.15, -0.1) is 0 Å². The first-order valence-corrected chi connectivity index (χ1v) is 12.0. The number of nitrogens with zero attached hydrogens (tertiary/aromatic N) is 1. The monoisotopic (exact) mass is 492 g/mol. The average Bonchev–Trinajstić information content (AvgIpc) is 2.76. The molecule has 6 nitrogen and oxygen atoms in total. The van der Waals surface area contributed by atoms with Crippen LogP contribution >= 0.6 is 23.2 Å². The van der Waals surface area contributed by atoms with E-state index in [9.17, 15) is 13.2 Å². The van der Waals surface area contributed by atoms with Crippen molar-refractivity contribution in [1.29, 1.82) is 0 Å². The van der Waals surface area contributed by atoms with Crippen LogP contribution in [0.15, 0.2) is 71.6 Å². The van der Waals surface area contributed by atoms with Crippen LogP contribution in [0.2, 0.25) is 10.0 Å². The Morgan fingerprint density at radius 3 is 2.12 bits per heavy atom. The summed E-state index contributed by atoms with van der Waals surface area (Å²) in [4.78, 5) is 12.4. The number of hydrogen-bond donors (Lipinski definition) is 1. The summed E-state index contributed by atoms with van der Waals surface area (Å²) in [6, 6.07) is 18.1. The Balaban J connectivity index is 1.67. The van der Waals surface area contributed by atoms with Gasteiger partial charge in [0.15, 0.2) is 6.61 Å². The zero-order valence-electron chi connectivity index (χ0n) is 17.5. The minimum absolute atomic E-state index is 0.222. The smallest absolute Gasteiger partial charge is 0.264 e. The van der Waals surface area contributed by atoms with Crippen LogP contribution in [0.5, 0.6) is 5.75 Å². The fourth-order valence-corrected chi connectivity index (χ4v) is 4.94. The fourth-order valence-electron chi connectivity index (χ4n) is 2.98. The minimum Gasteiger partial charge on any atom is -0.484 e. The van der Waals surface area contributed by atoms with Gasteiger partial charge in [-0.1, -0.05) is 47.0 Å². The maximum Gasteiger partial charge on any atom is 0.264 e. The maximum absolute atomic E-state index is 13.0. The minimum atomic E-state index is -3.70. The van der Waals surface area contributed by atoms with Gasteiger partial charge in [0.1, 0.15) is 5.75 Å². The lowest BCUT2D eigenvalue weighted by Crippen LogP contribution is -2.30. The molecule has 0 aromatic heterocycles. The van der Waals surface area contributed by atoms with Crippen LogP contribution < -0.4 is 14.4 Å². The maximum atomic E-state index is 13.0. The summed E-state index contributed by atoms with van der Waals surface area (Å²) < 4.78 is 32.9. The molecule has 0 saturated heterocycles. The topological polar surface area (TPSA) is 75.7 Å². The molecule has 0 saturated carbocycles. The van der Waals surface area contributed by atoms with E-state index in [0.29, 0.717) is 27.2 Å². The molecule has 0 aliphatic rings. The van der Waals surface area contributed by atoms with Crippen molar-refractivity contribution in [1.82, 2.24) is 0 Å². The average molecular weight is 493 g/mol. The number of rotatable bonds is 8. The molecule has 0 heterocycles. The fraction of sp³-hybridized carbons (Fsp3) is 0.174. The molecule has 9 heteroatoms. The second kappa shape index (κ2) is 10.3. The summed E-state index contributed by atoms with van der Waals surface area (Å²) >= 11 is 12.1. The van der Waals surface area contributed by atoms with Crippen LogP contribution in [0.3, 0.4) is 0 Å². The molecule has 3 rings (SSSR count). The number of amides is 1. The first-order chi connectivity index (χ1) is 15.2. The normalized spacial score (nSPS) is 11.1. The number of halogens is 2. The SMILES string of the molecule is CCN(c1ccc(OCC(=O)Nc2c(Cl)cccc2Cl)cc1)S(=O)(=O)c1ccc(C)cc1. The molecule has 0 spiro atoms. The number of nitrogens with one attached hydrogen (secondary N) is 1. The first kappa shape index (κ1) is 23.9. The number of carbonyl (C=O) groups excluding carboxylic acids is 1. The van der Waals surface area contributed by atoms with Crippen molar-refractivity contribution in [3.05, 3.63) is 82.3 Å². The van der Waals surface area contributed by atoms with Crippen molar-refractivity contribution in [2.45, 2.75) is 18.7 Å². The van der Waals surface area contributed by atoms with Crippen LogP contribution in [0.4, 0.5) is 11.4 Å². The molecule has 0 aliphatic carbocycles. The first-order valence-electron chi connectivity index (χ1n) is 9.78. The van der Waals surface area contributed by atoms with Gasteiger partial charge in [0.25, 0.3) is 15.9 Å². The van der Waals surface area contributed by atoms with E-state index in [1.54, 1.807) is 73.7 Å². The number of para-hydroxylation sites is 1. The molecule has 1 amide bonds. The van der Waals surface area contributed by atoms with Gasteiger partial charge in [-0.2, -0.15) is 0 Å². The quantitative estimate of drug-likeness (QED) is 0.448. The van der Waals surface area contributed by atoms with Gasteiger partial charge < -0.3 is 10.1 Å². The molecule has 3 aromatic rings. The highest BCUT2D eigenvalue weighted by Crippen LogP contribution is 2.30. The van der Waals surface area contributed by atoms with E-state index in [4.69, 9.17) is 27.9 Å². The van der Waals surface area contributed by atoms with Crippen LogP contribution in [0.1, 0.15) is 12.5 Å². The number of ether oxygens (including phenoxy) is 1. The molecule has 1 N–H and O–H groups in total. The van der Waals surface area contributed by atoms with E-state index in [0.717, 1.165) is 5.56 Å². The van der Waals surface area contributed by atoms with E-state index in [1.165, 1.54) is 4.31 Å². The number of sulfonamides is 1. The Morgan fingerprint density at radius 2 is 1.56 bits per heavy atom. The predicted molar refractivity (Wildman–Crippen MR) is 128 cm³/mol. The van der Waals surface area contributed by atoms with Crippen molar-refractivity contribution in [3.63, 3.8) is 0 Å². The lowest BCUT2D eigenvalue weighted by Gasteiger charge is -2.23. The van der Waals surface area contributed by atoms with Gasteiger partial charge in [0.05, 0.1) is 26.3 Å². The number of aryl methyl sites for hydroxylation is 1. The molecule has 168 valence electrons. The van der Waals surface area contributed by atoms with Crippen molar-refractivity contribution in [2.24, 2.45) is 0 Å². The zero-order valence-corrected chi connectivity index (χ0v) is 19.8. The van der Waals surface area contributed by atoms with Gasteiger partial charge in [0.2, 0.25) is 0 Å². The van der Waals surface area contributed by atoms with Gasteiger partial charge in [-0.05, 0) is 62.4 Å². The lowest BCUT2D eigenvalue weighted by atomic mass is 10.2. The highest BCUT2D eigenvalue weighted by Gasteiger charge is 2.23. The van der Waals surface area contributed by atoms with Crippen LogP contribution in [-0.2, 0) is 14.8 Å². The molecule has 0 aliphatic heterocycles. The summed E-state index contributed by atoms with van der Waals surface area (Å²) in [5.41, 5.74) is 1.79. The largest absolute Gasteiger partial charge is 0.484 e. The molecular weight excluding hydrogens is 471 g/mol. The lowest BCUT2D eigenvalue weighted by molar-refractivity contribution is -0.118. The number of benzene rings is 3. The number of carbonyl (C=O) groups is 1. The second-order valence-corrected chi connectivity index (χ2v) is 9.59. The van der Waals surface area contributed by atoms with Gasteiger partial charge in [0, 0.05) is 6.54 Å². The Bertz CT molecular complexity index is 1180. The van der Waals surface area contributed by atoms with Gasteiger partial charge >= 0.3 is 0 Å². The third-order valence-corrected chi connectivity index (χ3v) is 7.17. The highest BCUT2D eigenvalue weighted by molar-refractivity contribution is 7.92. The summed E-state index contributed by atoms with van der Waals surface area (Å²) in [5.74, 6) is -0.0147. The highest BCUT2D eigenvalue weighted by atomic mass is 35.5. The Morgan fingerprint density at radius 1 is 0.969 bits per heavy atom. The standard InChI is InChI=1S/C23H22Cl2N2O4S/c1-3-27(32(29,30)19-13-7-16(2)8-14-19)17-9-11-18(12-10-17)31-15-22(28)26-23-20(24)5-4-6-21(23)25/h4-14H,3,15H2,1-2H3,(H,26,28). The summed E-state index contributed by atoms with van der Waals surface area (Å²) in [6.45, 7) is 3.66. The summed E-state index contributed by atoms with van der Waals surface area (Å²) in [7, 11) is -3.70. The number of anilines is 2. The van der Waals surface area contributed by atoms with Gasteiger partial charge in [-0.3, -0.25) is 9.10 Å². The van der Waals surface area contributed by atoms with Crippen molar-refractivity contribution >= 4 is 50.5 Å². The Hall–Kier alpha value is -2.74. The molecular formula is C23H22Cl2N2O4S. The zero-order chi connectivity index (χ0) is 23.3. The molecule has 32 heavy (non-hydrogen) atoms. The predicted octanol–water partition coefficient (Wildman–Crippen LogP) is 5.53. The third kappa shape index (κ3) is 5.54. The van der Waals surface area contributed by atoms with E-state index in [-0.39, 0.29) is 18.0 Å². The molecule has 0 fully saturated rings. The molecule has 0 radical (unpaired) electrons. The Kier molecular flexibility index (Phi) is 7.66. The molecule has 0 unspecified atom stereocenters. The number of hydrogen-bond acceptors (Lipinski definition) is 4. The van der Waals surface area contributed by atoms with Crippen LogP contribution in [0.25, 0.3) is 0 Å². The van der Waals surface area contributed by atoms with Crippen molar-refractivity contribution in [2.75, 3.05) is 22.8 Å². The van der Waals surface area contributed by atoms with E-state index in [1.807, 2.05) is 6.92 Å². The van der Waals surface area contributed by atoms with Crippen LogP contribution in [0, 0.1) is 6.92 Å². The second-order valence-electron chi connectivity index (χ2n) is 6.91. The van der Waals surface area contributed by atoms with E-state index >= 15 is 0 Å². The van der Waals surface area contributed by atoms with Crippen LogP contribution in [-0.4, -0.2) is 27.5 Å². The Labute approximate surface area is 197 Å². The summed E-state index contributed by atoms with van der Waals surface area (Å²) in [6.07, 6.45) is 0. The van der Waals surface area contributed by atoms with E-state index < -0.39 is 15.9 Å². The molecule has 0 bridgehead atoms. The van der Waals surface area contributed by atoms with Crippen molar-refractivity contribution < 1.29 is 17.9 Å². The summed E-state index contributed by atoms with van der Waals surface area (Å²) in [5, 5.41) is 3.26. The van der Waals surface area contributed by atoms with E-state index in [2.05, 4.69) is 5.32 Å². The van der Waals surface area contributed by atoms with Crippen molar-refractivity contribution in [3.8, 4) is 5.75 Å². The molecule has 3 aromatic carbocycles. The molecule has 0 atom stereocenters. The van der Waals surface area contributed by atoms with Gasteiger partial charge in [-0.25, -0.2) is 8.42 Å².